The number of sulfone groups is 1. The summed E-state index contributed by atoms with van der Waals surface area (Å²) >= 11 is 5.51. The summed E-state index contributed by atoms with van der Waals surface area (Å²) in [6, 6.07) is 4.23. The average Bonchev–Trinajstić information content (AvgIpc) is 2.42. The van der Waals surface area contributed by atoms with E-state index in [4.69, 9.17) is 16.3 Å². The first kappa shape index (κ1) is 16.8. The predicted molar refractivity (Wildman–Crippen MR) is 78.4 cm³/mol. The quantitative estimate of drug-likeness (QED) is 0.598. The number of hydrogen-bond donors (Lipinski definition) is 0. The summed E-state index contributed by atoms with van der Waals surface area (Å²) in [5, 5.41) is 0. The van der Waals surface area contributed by atoms with Gasteiger partial charge in [0.05, 0.1) is 5.75 Å². The van der Waals surface area contributed by atoms with Crippen molar-refractivity contribution in [2.75, 3.05) is 24.0 Å². The molecular weight excluding hydrogens is 303 g/mol. The topological polar surface area (TPSA) is 43.4 Å². The van der Waals surface area contributed by atoms with Gasteiger partial charge in [-0.15, -0.1) is 11.6 Å². The van der Waals surface area contributed by atoms with E-state index in [2.05, 4.69) is 11.8 Å². The highest BCUT2D eigenvalue weighted by molar-refractivity contribution is 7.91. The first-order valence-electron chi connectivity index (χ1n) is 6.16. The predicted octanol–water partition coefficient (Wildman–Crippen LogP) is 2.62. The van der Waals surface area contributed by atoms with E-state index in [-0.39, 0.29) is 23.9 Å². The van der Waals surface area contributed by atoms with Crippen molar-refractivity contribution in [3.05, 3.63) is 29.6 Å². The van der Waals surface area contributed by atoms with Crippen LogP contribution in [0, 0.1) is 17.7 Å². The lowest BCUT2D eigenvalue weighted by Gasteiger charge is -2.07. The highest BCUT2D eigenvalue weighted by Gasteiger charge is 2.09. The smallest absolute Gasteiger partial charge is 0.165 e. The molecule has 0 atom stereocenters. The zero-order chi connectivity index (χ0) is 15.0. The molecule has 0 aliphatic rings. The number of rotatable bonds is 6. The molecule has 110 valence electrons. The minimum absolute atomic E-state index is 0.00831. The fourth-order valence-electron chi connectivity index (χ4n) is 1.33. The maximum atomic E-state index is 13.5. The van der Waals surface area contributed by atoms with Gasteiger partial charge in [0.25, 0.3) is 0 Å². The first-order valence-corrected chi connectivity index (χ1v) is 8.51. The van der Waals surface area contributed by atoms with Crippen molar-refractivity contribution < 1.29 is 17.5 Å². The van der Waals surface area contributed by atoms with E-state index in [1.54, 1.807) is 6.92 Å². The Morgan fingerprint density at radius 3 is 2.80 bits per heavy atom. The summed E-state index contributed by atoms with van der Waals surface area (Å²) in [5.41, 5.74) is 0.602. The summed E-state index contributed by atoms with van der Waals surface area (Å²) in [7, 11) is -3.12. The van der Waals surface area contributed by atoms with Crippen LogP contribution in [-0.2, 0) is 9.84 Å². The zero-order valence-corrected chi connectivity index (χ0v) is 12.7. The standard InChI is InChI=1S/C14H16ClFO3S/c1-2-20(17,18)10-9-19-14-11-12(5-3-4-8-15)6-7-13(14)16/h6-7,11H,2,4,8-10H2,1H3. The molecule has 20 heavy (non-hydrogen) atoms. The Labute approximate surface area is 124 Å². The highest BCUT2D eigenvalue weighted by Crippen LogP contribution is 2.18. The molecule has 0 fully saturated rings. The maximum absolute atomic E-state index is 13.5. The molecule has 3 nitrogen and oxygen atoms in total. The van der Waals surface area contributed by atoms with Crippen LogP contribution in [0.25, 0.3) is 0 Å². The van der Waals surface area contributed by atoms with Crippen LogP contribution in [0.3, 0.4) is 0 Å². The highest BCUT2D eigenvalue weighted by atomic mass is 35.5. The number of hydrogen-bond acceptors (Lipinski definition) is 3. The molecule has 0 spiro atoms. The van der Waals surface area contributed by atoms with Crippen molar-refractivity contribution in [3.63, 3.8) is 0 Å². The molecule has 1 rings (SSSR count). The number of ether oxygens (including phenoxy) is 1. The summed E-state index contributed by atoms with van der Waals surface area (Å²) < 4.78 is 41.3. The Kier molecular flexibility index (Phi) is 6.83. The monoisotopic (exact) mass is 318 g/mol. The largest absolute Gasteiger partial charge is 0.489 e. The van der Waals surface area contributed by atoms with Crippen LogP contribution >= 0.6 is 11.6 Å². The SMILES string of the molecule is CCS(=O)(=O)CCOc1cc(C#CCCCl)ccc1F. The molecule has 0 aromatic heterocycles. The van der Waals surface area contributed by atoms with E-state index in [1.807, 2.05) is 0 Å². The summed E-state index contributed by atoms with van der Waals surface area (Å²) in [6.07, 6.45) is 0.546. The minimum Gasteiger partial charge on any atom is -0.489 e. The molecule has 0 saturated heterocycles. The molecule has 0 saturated carbocycles. The van der Waals surface area contributed by atoms with Gasteiger partial charge in [0.15, 0.2) is 21.4 Å². The minimum atomic E-state index is -3.12. The van der Waals surface area contributed by atoms with Crippen LogP contribution in [0.4, 0.5) is 4.39 Å². The molecule has 0 amide bonds. The molecule has 0 bridgehead atoms. The second kappa shape index (κ2) is 8.13. The summed E-state index contributed by atoms with van der Waals surface area (Å²) in [6.45, 7) is 1.48. The number of alkyl halides is 1. The van der Waals surface area contributed by atoms with E-state index in [1.165, 1.54) is 18.2 Å². The Hall–Kier alpha value is -1.25. The Morgan fingerprint density at radius 1 is 1.40 bits per heavy atom. The molecule has 0 N–H and O–H groups in total. The van der Waals surface area contributed by atoms with Gasteiger partial charge in [-0.1, -0.05) is 18.8 Å². The normalized spacial score (nSPS) is 10.8. The summed E-state index contributed by atoms with van der Waals surface area (Å²) in [5.74, 6) is 5.48. The molecular formula is C14H16ClFO3S. The van der Waals surface area contributed by atoms with Gasteiger partial charge in [-0.2, -0.15) is 0 Å². The lowest BCUT2D eigenvalue weighted by molar-refractivity contribution is 0.322. The van der Waals surface area contributed by atoms with Gasteiger partial charge in [-0.3, -0.25) is 0 Å². The molecule has 0 aliphatic carbocycles. The van der Waals surface area contributed by atoms with Gasteiger partial charge in [-0.05, 0) is 18.2 Å². The third-order valence-electron chi connectivity index (χ3n) is 2.48. The second-order valence-electron chi connectivity index (χ2n) is 3.97. The first-order chi connectivity index (χ1) is 9.48. The van der Waals surface area contributed by atoms with E-state index < -0.39 is 15.7 Å². The van der Waals surface area contributed by atoms with Crippen molar-refractivity contribution >= 4 is 21.4 Å². The van der Waals surface area contributed by atoms with Crippen molar-refractivity contribution in [2.45, 2.75) is 13.3 Å². The zero-order valence-electron chi connectivity index (χ0n) is 11.2. The Balaban J connectivity index is 2.70. The lowest BCUT2D eigenvalue weighted by atomic mass is 10.2. The van der Waals surface area contributed by atoms with Crippen LogP contribution in [0.5, 0.6) is 5.75 Å². The molecule has 0 radical (unpaired) electrons. The van der Waals surface area contributed by atoms with Crippen molar-refractivity contribution in [1.29, 1.82) is 0 Å². The lowest BCUT2D eigenvalue weighted by Crippen LogP contribution is -2.16. The van der Waals surface area contributed by atoms with Crippen LogP contribution < -0.4 is 4.74 Å². The molecule has 1 aromatic rings. The van der Waals surface area contributed by atoms with Crippen LogP contribution in [0.2, 0.25) is 0 Å². The van der Waals surface area contributed by atoms with Gasteiger partial charge in [-0.25, -0.2) is 12.8 Å². The van der Waals surface area contributed by atoms with Crippen molar-refractivity contribution in [1.82, 2.24) is 0 Å². The van der Waals surface area contributed by atoms with E-state index in [0.29, 0.717) is 17.9 Å². The second-order valence-corrected chi connectivity index (χ2v) is 6.82. The van der Waals surface area contributed by atoms with Gasteiger partial charge in [0.2, 0.25) is 0 Å². The Morgan fingerprint density at radius 2 is 2.15 bits per heavy atom. The Bertz CT molecular complexity index is 603. The fraction of sp³-hybridized carbons (Fsp3) is 0.429. The molecule has 6 heteroatoms. The molecule has 0 heterocycles. The van der Waals surface area contributed by atoms with E-state index in [9.17, 15) is 12.8 Å². The van der Waals surface area contributed by atoms with E-state index in [0.717, 1.165) is 0 Å². The van der Waals surface area contributed by atoms with Crippen LogP contribution in [0.15, 0.2) is 18.2 Å². The van der Waals surface area contributed by atoms with Crippen LogP contribution in [-0.4, -0.2) is 32.4 Å². The summed E-state index contributed by atoms with van der Waals surface area (Å²) in [4.78, 5) is 0. The maximum Gasteiger partial charge on any atom is 0.165 e. The number of benzene rings is 1. The fourth-order valence-corrected chi connectivity index (χ4v) is 2.05. The van der Waals surface area contributed by atoms with Crippen LogP contribution in [0.1, 0.15) is 18.9 Å². The van der Waals surface area contributed by atoms with Crippen molar-refractivity contribution in [2.24, 2.45) is 0 Å². The number of halogens is 2. The van der Waals surface area contributed by atoms with Gasteiger partial charge < -0.3 is 4.74 Å². The third-order valence-corrected chi connectivity index (χ3v) is 4.33. The molecule has 0 aliphatic heterocycles. The van der Waals surface area contributed by atoms with Crippen molar-refractivity contribution in [3.8, 4) is 17.6 Å². The van der Waals surface area contributed by atoms with Gasteiger partial charge in [0, 0.05) is 23.6 Å². The van der Waals surface area contributed by atoms with E-state index >= 15 is 0 Å². The molecule has 0 unspecified atom stereocenters. The molecule has 1 aromatic carbocycles. The average molecular weight is 319 g/mol. The van der Waals surface area contributed by atoms with Gasteiger partial charge >= 0.3 is 0 Å². The third kappa shape index (κ3) is 5.81. The van der Waals surface area contributed by atoms with Gasteiger partial charge in [0.1, 0.15) is 6.61 Å².